The highest BCUT2D eigenvalue weighted by Crippen LogP contribution is 2.14. The average molecular weight is 743 g/mol. The monoisotopic (exact) mass is 743 g/mol. The second-order valence-corrected chi connectivity index (χ2v) is 15.1. The van der Waals surface area contributed by atoms with Crippen molar-refractivity contribution < 1.29 is 24.9 Å². The summed E-state index contributed by atoms with van der Waals surface area (Å²) in [4.78, 5) is 23.8. The second-order valence-electron chi connectivity index (χ2n) is 15.1. The van der Waals surface area contributed by atoms with Gasteiger partial charge >= 0.3 is 0 Å². The normalized spacial score (nSPS) is 13.5. The zero-order valence-electron chi connectivity index (χ0n) is 35.1. The highest BCUT2D eigenvalue weighted by molar-refractivity contribution is 5.76. The van der Waals surface area contributed by atoms with Crippen LogP contribution in [0.2, 0.25) is 0 Å². The van der Waals surface area contributed by atoms with Crippen molar-refractivity contribution >= 4 is 11.8 Å². The lowest BCUT2D eigenvalue weighted by molar-refractivity contribution is -0.123. The zero-order valence-corrected chi connectivity index (χ0v) is 35.1. The summed E-state index contributed by atoms with van der Waals surface area (Å²) in [5, 5.41) is 39.3. The molecule has 0 aliphatic heterocycles. The lowest BCUT2D eigenvalue weighted by atomic mass is 10.0. The summed E-state index contributed by atoms with van der Waals surface area (Å²) >= 11 is 0. The van der Waals surface area contributed by atoms with E-state index in [1.807, 2.05) is 13.8 Å². The predicted octanol–water partition coefficient (Wildman–Crippen LogP) is 9.51. The van der Waals surface area contributed by atoms with Gasteiger partial charge in [0, 0.05) is 19.4 Å². The lowest BCUT2D eigenvalue weighted by Gasteiger charge is -2.20. The zero-order chi connectivity index (χ0) is 38.9. The van der Waals surface area contributed by atoms with Gasteiger partial charge in [-0.25, -0.2) is 0 Å². The summed E-state index contributed by atoms with van der Waals surface area (Å²) in [6.45, 7) is 10.2. The molecule has 0 saturated heterocycles. The second kappa shape index (κ2) is 42.5. The minimum absolute atomic E-state index is 0.0657. The Morgan fingerprint density at radius 1 is 0.481 bits per heavy atom. The molecule has 0 aromatic rings. The Kier molecular flexibility index (Phi) is 43.2. The van der Waals surface area contributed by atoms with Crippen molar-refractivity contribution in [2.75, 3.05) is 13.2 Å². The van der Waals surface area contributed by atoms with Crippen LogP contribution in [0.4, 0.5) is 0 Å². The molecule has 2 amide bonds. The molecule has 312 valence electrons. The van der Waals surface area contributed by atoms with Crippen LogP contribution in [-0.4, -0.2) is 64.9 Å². The molecule has 4 atom stereocenters. The van der Waals surface area contributed by atoms with Gasteiger partial charge in [-0.1, -0.05) is 182 Å². The summed E-state index contributed by atoms with van der Waals surface area (Å²) in [6.07, 6.45) is 35.2. The fourth-order valence-corrected chi connectivity index (χ4v) is 6.33. The van der Waals surface area contributed by atoms with E-state index in [9.17, 15) is 19.8 Å². The number of nitrogens with one attached hydrogen (secondary N) is 4. The molecule has 0 aromatic carbocycles. The van der Waals surface area contributed by atoms with Gasteiger partial charge in [-0.3, -0.25) is 20.2 Å². The van der Waals surface area contributed by atoms with Gasteiger partial charge in [0.15, 0.2) is 0 Å². The maximum Gasteiger partial charge on any atom is 0.221 e. The summed E-state index contributed by atoms with van der Waals surface area (Å²) < 4.78 is 0. The molecule has 7 N–H and O–H groups in total. The van der Waals surface area contributed by atoms with E-state index >= 15 is 0 Å². The van der Waals surface area contributed by atoms with Crippen LogP contribution in [0.25, 0.3) is 0 Å². The molecule has 0 saturated carbocycles. The summed E-state index contributed by atoms with van der Waals surface area (Å²) in [5.74, 6) is 0.152. The molecule has 0 radical (unpaired) electrons. The van der Waals surface area contributed by atoms with Crippen molar-refractivity contribution in [3.8, 4) is 0 Å². The fourth-order valence-electron chi connectivity index (χ4n) is 6.33. The highest BCUT2D eigenvalue weighted by Gasteiger charge is 2.12. The number of carbonyl (C=O) groups is 2. The summed E-state index contributed by atoms with van der Waals surface area (Å²) in [5.41, 5.74) is 0. The van der Waals surface area contributed by atoms with Crippen molar-refractivity contribution in [2.45, 2.75) is 252 Å². The first-order valence-electron chi connectivity index (χ1n) is 22.3. The topological polar surface area (TPSA) is 143 Å². The molecule has 9 nitrogen and oxygen atoms in total. The summed E-state index contributed by atoms with van der Waals surface area (Å²) in [7, 11) is 0. The summed E-state index contributed by atoms with van der Waals surface area (Å²) in [6, 6.07) is 0. The molecule has 9 heteroatoms. The molecule has 0 aliphatic rings. The van der Waals surface area contributed by atoms with Crippen LogP contribution in [0.1, 0.15) is 227 Å². The number of carbonyl (C=O) groups excluding carboxylic acids is 2. The molecular weight excluding hydrogens is 652 g/mol. The van der Waals surface area contributed by atoms with Crippen molar-refractivity contribution in [3.05, 3.63) is 0 Å². The van der Waals surface area contributed by atoms with E-state index in [4.69, 9.17) is 5.11 Å². The van der Waals surface area contributed by atoms with Crippen LogP contribution in [-0.2, 0) is 9.59 Å². The molecule has 0 aliphatic carbocycles. The molecule has 0 aromatic heterocycles. The molecule has 0 rings (SSSR count). The van der Waals surface area contributed by atoms with Gasteiger partial charge in [-0.2, -0.15) is 0 Å². The molecule has 0 bridgehead atoms. The minimum atomic E-state index is -0.781. The van der Waals surface area contributed by atoms with Crippen LogP contribution >= 0.6 is 0 Å². The van der Waals surface area contributed by atoms with E-state index in [1.165, 1.54) is 141 Å². The largest absolute Gasteiger partial charge is 0.394 e. The van der Waals surface area contributed by atoms with Crippen molar-refractivity contribution in [1.29, 1.82) is 0 Å². The smallest absolute Gasteiger partial charge is 0.221 e. The number of rotatable bonds is 38. The average Bonchev–Trinajstić information content (AvgIpc) is 3.13. The Hall–Kier alpha value is -1.26. The van der Waals surface area contributed by atoms with Crippen LogP contribution in [0, 0.1) is 0 Å². The van der Waals surface area contributed by atoms with Gasteiger partial charge < -0.3 is 26.0 Å². The maximum absolute atomic E-state index is 12.0. The predicted molar refractivity (Wildman–Crippen MR) is 221 cm³/mol. The Labute approximate surface area is 322 Å². The molecule has 0 fully saturated rings. The molecule has 52 heavy (non-hydrogen) atoms. The minimum Gasteiger partial charge on any atom is -0.394 e. The van der Waals surface area contributed by atoms with Gasteiger partial charge in [-0.15, -0.1) is 0 Å². The lowest BCUT2D eigenvalue weighted by Crippen LogP contribution is -2.48. The van der Waals surface area contributed by atoms with Crippen LogP contribution in [0.3, 0.4) is 0 Å². The first-order valence-corrected chi connectivity index (χ1v) is 22.3. The van der Waals surface area contributed by atoms with Gasteiger partial charge in [0.2, 0.25) is 11.8 Å². The third kappa shape index (κ3) is 41.5. The number of hydrogen-bond acceptors (Lipinski definition) is 7. The third-order valence-corrected chi connectivity index (χ3v) is 9.75. The van der Waals surface area contributed by atoms with Crippen LogP contribution in [0.5, 0.6) is 0 Å². The molecule has 4 unspecified atom stereocenters. The van der Waals surface area contributed by atoms with E-state index in [2.05, 4.69) is 35.1 Å². The number of unbranched alkanes of at least 4 members (excludes halogenated alkanes) is 24. The first kappa shape index (κ1) is 52.8. The van der Waals surface area contributed by atoms with Crippen LogP contribution < -0.4 is 21.3 Å². The number of aliphatic hydroxyl groups is 3. The van der Waals surface area contributed by atoms with Gasteiger partial charge in [0.05, 0.1) is 25.0 Å². The number of hydrogen-bond donors (Lipinski definition) is 7. The van der Waals surface area contributed by atoms with E-state index in [0.29, 0.717) is 12.8 Å². The Morgan fingerprint density at radius 2 is 0.788 bits per heavy atom. The van der Waals surface area contributed by atoms with Gasteiger partial charge in [0.1, 0.15) is 6.23 Å². The Morgan fingerprint density at radius 3 is 1.08 bits per heavy atom. The third-order valence-electron chi connectivity index (χ3n) is 9.75. The van der Waals surface area contributed by atoms with E-state index < -0.39 is 12.3 Å². The fraction of sp³-hybridized carbons (Fsp3) is 0.953. The highest BCUT2D eigenvalue weighted by atomic mass is 16.3. The van der Waals surface area contributed by atoms with E-state index in [-0.39, 0.29) is 37.3 Å². The Bertz CT molecular complexity index is 742. The number of amides is 2. The first-order chi connectivity index (χ1) is 25.2. The van der Waals surface area contributed by atoms with Gasteiger partial charge in [0.25, 0.3) is 0 Å². The van der Waals surface area contributed by atoms with Crippen molar-refractivity contribution in [1.82, 2.24) is 21.3 Å². The number of aliphatic hydroxyl groups excluding tert-OH is 3. The molecular formula is C43H90N4O5. The standard InChI is InChI=1S/C22H46N2O3.C21H44N2O2/c1-3-5-6-7-8-9-10-11-12-13-14-15-16-17-22(27)24-21(4-2)23-18-20(26)19-25;1-4-6-7-8-9-10-11-12-13-14-15-16-17-18-21(25)23-20(5-2)22-19(3)24/h20-21,23,25-26H,3-19H2,1-2H3,(H,24,27);19-20,22,24H,4-18H2,1-3H3,(H,23,25). The Balaban J connectivity index is 0. The van der Waals surface area contributed by atoms with Gasteiger partial charge in [-0.05, 0) is 32.6 Å². The van der Waals surface area contributed by atoms with Crippen molar-refractivity contribution in [2.24, 2.45) is 0 Å². The van der Waals surface area contributed by atoms with Crippen molar-refractivity contribution in [3.63, 3.8) is 0 Å². The SMILES string of the molecule is CCCCCCCCCCCCCCCC(=O)NC(CC)NC(C)O.CCCCCCCCCCCCCCCC(=O)NC(CC)NCC(O)CO. The van der Waals surface area contributed by atoms with Crippen LogP contribution in [0.15, 0.2) is 0 Å². The quantitative estimate of drug-likeness (QED) is 0.0247. The maximum atomic E-state index is 12.0. The molecule has 0 spiro atoms. The van der Waals surface area contributed by atoms with E-state index in [0.717, 1.165) is 38.5 Å². The van der Waals surface area contributed by atoms with E-state index in [1.54, 1.807) is 6.92 Å². The molecule has 0 heterocycles.